The highest BCUT2D eigenvalue weighted by atomic mass is 16.5. The Labute approximate surface area is 89.2 Å². The van der Waals surface area contributed by atoms with Crippen LogP contribution in [0.3, 0.4) is 0 Å². The van der Waals surface area contributed by atoms with E-state index in [1.165, 1.54) is 0 Å². The van der Waals surface area contributed by atoms with Crippen LogP contribution in [-0.2, 0) is 16.8 Å². The number of hydrogen-bond acceptors (Lipinski definition) is 5. The summed E-state index contributed by atoms with van der Waals surface area (Å²) in [6, 6.07) is 0. The molecule has 2 rings (SSSR count). The van der Waals surface area contributed by atoms with Crippen LogP contribution >= 0.6 is 0 Å². The molecule has 1 unspecified atom stereocenters. The minimum atomic E-state index is 0.0407. The number of rotatable bonds is 4. The molecule has 15 heavy (non-hydrogen) atoms. The van der Waals surface area contributed by atoms with Gasteiger partial charge in [-0.15, -0.1) is 0 Å². The molecule has 0 aliphatic carbocycles. The van der Waals surface area contributed by atoms with Crippen LogP contribution in [0.2, 0.25) is 0 Å². The standard InChI is InChI=1S/C10H17N3O2/c1-3-10(4-5-11-7-10)9-12-8(6-14-2)13-15-9/h11H,3-7H2,1-2H3. The summed E-state index contributed by atoms with van der Waals surface area (Å²) in [6.45, 7) is 4.53. The van der Waals surface area contributed by atoms with E-state index in [9.17, 15) is 0 Å². The van der Waals surface area contributed by atoms with Crippen LogP contribution in [0.25, 0.3) is 0 Å². The lowest BCUT2D eigenvalue weighted by atomic mass is 9.84. The Kier molecular flexibility index (Phi) is 3.02. The first kappa shape index (κ1) is 10.6. The van der Waals surface area contributed by atoms with Crippen molar-refractivity contribution in [3.05, 3.63) is 11.7 Å². The Morgan fingerprint density at radius 1 is 1.60 bits per heavy atom. The minimum Gasteiger partial charge on any atom is -0.377 e. The molecule has 0 aromatic carbocycles. The van der Waals surface area contributed by atoms with E-state index in [0.29, 0.717) is 12.4 Å². The lowest BCUT2D eigenvalue weighted by Gasteiger charge is -2.20. The lowest BCUT2D eigenvalue weighted by molar-refractivity contribution is 0.174. The van der Waals surface area contributed by atoms with E-state index in [0.717, 1.165) is 31.8 Å². The van der Waals surface area contributed by atoms with Crippen molar-refractivity contribution in [2.45, 2.75) is 31.8 Å². The molecule has 5 nitrogen and oxygen atoms in total. The van der Waals surface area contributed by atoms with Gasteiger partial charge in [0.25, 0.3) is 0 Å². The highest BCUT2D eigenvalue weighted by Crippen LogP contribution is 2.32. The van der Waals surface area contributed by atoms with Gasteiger partial charge in [-0.25, -0.2) is 0 Å². The molecule has 0 spiro atoms. The second-order valence-electron chi connectivity index (χ2n) is 4.01. The summed E-state index contributed by atoms with van der Waals surface area (Å²) in [4.78, 5) is 4.38. The molecule has 2 heterocycles. The summed E-state index contributed by atoms with van der Waals surface area (Å²) in [5, 5.41) is 7.25. The number of methoxy groups -OCH3 is 1. The fraction of sp³-hybridized carbons (Fsp3) is 0.800. The fourth-order valence-corrected chi connectivity index (χ4v) is 2.04. The van der Waals surface area contributed by atoms with Gasteiger partial charge in [-0.1, -0.05) is 12.1 Å². The molecule has 1 aromatic rings. The number of ether oxygens (including phenoxy) is 1. The van der Waals surface area contributed by atoms with Gasteiger partial charge in [0.2, 0.25) is 5.89 Å². The van der Waals surface area contributed by atoms with Crippen molar-refractivity contribution in [3.8, 4) is 0 Å². The fourth-order valence-electron chi connectivity index (χ4n) is 2.04. The smallest absolute Gasteiger partial charge is 0.234 e. The molecule has 1 fully saturated rings. The third kappa shape index (κ3) is 1.89. The van der Waals surface area contributed by atoms with Crippen molar-refractivity contribution in [2.24, 2.45) is 0 Å². The van der Waals surface area contributed by atoms with Crippen molar-refractivity contribution >= 4 is 0 Å². The van der Waals surface area contributed by atoms with Gasteiger partial charge in [-0.05, 0) is 19.4 Å². The zero-order valence-electron chi connectivity index (χ0n) is 9.25. The average Bonchev–Trinajstić information content (AvgIpc) is 2.86. The Bertz CT molecular complexity index is 318. The Balaban J connectivity index is 2.19. The lowest BCUT2D eigenvalue weighted by Crippen LogP contribution is -2.28. The first-order chi connectivity index (χ1) is 7.30. The highest BCUT2D eigenvalue weighted by Gasteiger charge is 2.39. The third-order valence-electron chi connectivity index (χ3n) is 3.12. The summed E-state index contributed by atoms with van der Waals surface area (Å²) in [5.41, 5.74) is 0.0407. The maximum absolute atomic E-state index is 5.31. The summed E-state index contributed by atoms with van der Waals surface area (Å²) < 4.78 is 10.3. The van der Waals surface area contributed by atoms with Crippen LogP contribution in [0.4, 0.5) is 0 Å². The summed E-state index contributed by atoms with van der Waals surface area (Å²) >= 11 is 0. The first-order valence-electron chi connectivity index (χ1n) is 5.33. The van der Waals surface area contributed by atoms with E-state index >= 15 is 0 Å². The molecule has 0 bridgehead atoms. The van der Waals surface area contributed by atoms with E-state index in [2.05, 4.69) is 22.4 Å². The van der Waals surface area contributed by atoms with E-state index in [1.54, 1.807) is 7.11 Å². The van der Waals surface area contributed by atoms with E-state index in [1.807, 2.05) is 0 Å². The second-order valence-corrected chi connectivity index (χ2v) is 4.01. The predicted octanol–water partition coefficient (Wildman–Crippen LogP) is 0.857. The monoisotopic (exact) mass is 211 g/mol. The maximum atomic E-state index is 5.31. The summed E-state index contributed by atoms with van der Waals surface area (Å²) in [7, 11) is 1.63. The van der Waals surface area contributed by atoms with Crippen molar-refractivity contribution in [3.63, 3.8) is 0 Å². The molecule has 5 heteroatoms. The Hall–Kier alpha value is -0.940. The average molecular weight is 211 g/mol. The predicted molar refractivity (Wildman–Crippen MR) is 54.5 cm³/mol. The molecule has 0 amide bonds. The Morgan fingerprint density at radius 3 is 3.07 bits per heavy atom. The van der Waals surface area contributed by atoms with Crippen molar-refractivity contribution < 1.29 is 9.26 Å². The van der Waals surface area contributed by atoms with Gasteiger partial charge in [0.1, 0.15) is 6.61 Å². The topological polar surface area (TPSA) is 60.2 Å². The molecular formula is C10H17N3O2. The van der Waals surface area contributed by atoms with Crippen LogP contribution in [-0.4, -0.2) is 30.3 Å². The second kappa shape index (κ2) is 4.28. The summed E-state index contributed by atoms with van der Waals surface area (Å²) in [6.07, 6.45) is 2.09. The van der Waals surface area contributed by atoms with E-state index in [-0.39, 0.29) is 5.41 Å². The van der Waals surface area contributed by atoms with Crippen LogP contribution in [0, 0.1) is 0 Å². The molecule has 1 aliphatic heterocycles. The van der Waals surface area contributed by atoms with Crippen LogP contribution < -0.4 is 5.32 Å². The van der Waals surface area contributed by atoms with Crippen molar-refractivity contribution in [2.75, 3.05) is 20.2 Å². The Morgan fingerprint density at radius 2 is 2.47 bits per heavy atom. The number of hydrogen-bond donors (Lipinski definition) is 1. The molecule has 1 N–H and O–H groups in total. The molecular weight excluding hydrogens is 194 g/mol. The van der Waals surface area contributed by atoms with Gasteiger partial charge >= 0.3 is 0 Å². The molecule has 0 radical (unpaired) electrons. The molecule has 0 saturated carbocycles. The number of nitrogens with one attached hydrogen (secondary N) is 1. The molecule has 1 aromatic heterocycles. The zero-order valence-corrected chi connectivity index (χ0v) is 9.25. The summed E-state index contributed by atoms with van der Waals surface area (Å²) in [5.74, 6) is 1.38. The van der Waals surface area contributed by atoms with Gasteiger partial charge in [-0.3, -0.25) is 0 Å². The zero-order chi connectivity index (χ0) is 10.7. The largest absolute Gasteiger partial charge is 0.377 e. The normalized spacial score (nSPS) is 26.0. The van der Waals surface area contributed by atoms with Gasteiger partial charge in [0.05, 0.1) is 5.41 Å². The SMILES string of the molecule is CCC1(c2nc(COC)no2)CCNC1. The van der Waals surface area contributed by atoms with Gasteiger partial charge in [0, 0.05) is 13.7 Å². The quantitative estimate of drug-likeness (QED) is 0.800. The highest BCUT2D eigenvalue weighted by molar-refractivity contribution is 5.09. The number of nitrogens with zero attached hydrogens (tertiary/aromatic N) is 2. The van der Waals surface area contributed by atoms with Gasteiger partial charge < -0.3 is 14.6 Å². The van der Waals surface area contributed by atoms with E-state index in [4.69, 9.17) is 9.26 Å². The molecule has 1 aliphatic rings. The molecule has 1 saturated heterocycles. The van der Waals surface area contributed by atoms with Crippen LogP contribution in [0.5, 0.6) is 0 Å². The number of aromatic nitrogens is 2. The van der Waals surface area contributed by atoms with Crippen LogP contribution in [0.1, 0.15) is 31.5 Å². The maximum Gasteiger partial charge on any atom is 0.234 e. The molecule has 1 atom stereocenters. The minimum absolute atomic E-state index is 0.0407. The van der Waals surface area contributed by atoms with Gasteiger partial charge in [-0.2, -0.15) is 4.98 Å². The first-order valence-corrected chi connectivity index (χ1v) is 5.33. The van der Waals surface area contributed by atoms with Gasteiger partial charge in [0.15, 0.2) is 5.82 Å². The van der Waals surface area contributed by atoms with Crippen LogP contribution in [0.15, 0.2) is 4.52 Å². The van der Waals surface area contributed by atoms with Crippen molar-refractivity contribution in [1.82, 2.24) is 15.5 Å². The molecule has 84 valence electrons. The van der Waals surface area contributed by atoms with E-state index < -0.39 is 0 Å². The third-order valence-corrected chi connectivity index (χ3v) is 3.12. The van der Waals surface area contributed by atoms with Crippen molar-refractivity contribution in [1.29, 1.82) is 0 Å².